The fourth-order valence-corrected chi connectivity index (χ4v) is 2.65. The molecule has 17 heavy (non-hydrogen) atoms. The van der Waals surface area contributed by atoms with Crippen molar-refractivity contribution in [2.75, 3.05) is 12.0 Å². The molecule has 1 aromatic rings. The van der Waals surface area contributed by atoms with Crippen molar-refractivity contribution in [3.8, 4) is 0 Å². The van der Waals surface area contributed by atoms with Crippen molar-refractivity contribution in [3.05, 3.63) is 34.3 Å². The highest BCUT2D eigenvalue weighted by Gasteiger charge is 2.10. The monoisotopic (exact) mass is 276 g/mol. The smallest absolute Gasteiger partial charge is 0.147 e. The van der Waals surface area contributed by atoms with E-state index in [9.17, 15) is 13.5 Å². The number of aliphatic hydroxyl groups excluding tert-OH is 1. The van der Waals surface area contributed by atoms with Gasteiger partial charge in [-0.2, -0.15) is 0 Å². The maximum atomic E-state index is 11.0. The van der Waals surface area contributed by atoms with Gasteiger partial charge in [0.05, 0.1) is 6.10 Å². The molecule has 5 heteroatoms. The zero-order valence-corrected chi connectivity index (χ0v) is 11.6. The van der Waals surface area contributed by atoms with Gasteiger partial charge in [0.2, 0.25) is 0 Å². The van der Waals surface area contributed by atoms with Crippen molar-refractivity contribution >= 4 is 21.4 Å². The molecule has 0 saturated carbocycles. The lowest BCUT2D eigenvalue weighted by atomic mass is 10.0. The van der Waals surface area contributed by atoms with Gasteiger partial charge in [-0.25, -0.2) is 8.42 Å². The van der Waals surface area contributed by atoms with Gasteiger partial charge >= 0.3 is 0 Å². The molecule has 0 aliphatic carbocycles. The highest BCUT2D eigenvalue weighted by molar-refractivity contribution is 7.90. The Morgan fingerprint density at radius 1 is 1.35 bits per heavy atom. The van der Waals surface area contributed by atoms with Crippen molar-refractivity contribution in [2.24, 2.45) is 0 Å². The van der Waals surface area contributed by atoms with Crippen LogP contribution in [0, 0.1) is 6.92 Å². The molecule has 1 rings (SSSR count). The minimum absolute atomic E-state index is 0.101. The van der Waals surface area contributed by atoms with Gasteiger partial charge in [0.15, 0.2) is 0 Å². The van der Waals surface area contributed by atoms with Crippen molar-refractivity contribution in [1.29, 1.82) is 0 Å². The Kier molecular flexibility index (Phi) is 4.98. The van der Waals surface area contributed by atoms with Gasteiger partial charge in [0, 0.05) is 17.0 Å². The van der Waals surface area contributed by atoms with Crippen LogP contribution in [0.5, 0.6) is 0 Å². The van der Waals surface area contributed by atoms with E-state index in [1.807, 2.05) is 19.1 Å². The van der Waals surface area contributed by atoms with Crippen molar-refractivity contribution in [1.82, 2.24) is 0 Å². The molecule has 0 amide bonds. The van der Waals surface area contributed by atoms with Gasteiger partial charge in [-0.05, 0) is 43.0 Å². The third kappa shape index (κ3) is 5.52. The number of hydrogen-bond acceptors (Lipinski definition) is 3. The first-order valence-corrected chi connectivity index (χ1v) is 7.84. The fourth-order valence-electron chi connectivity index (χ4n) is 1.66. The average molecular weight is 277 g/mol. The van der Waals surface area contributed by atoms with E-state index in [0.29, 0.717) is 17.9 Å². The average Bonchev–Trinajstić information content (AvgIpc) is 2.13. The Labute approximate surface area is 107 Å². The number of aryl methyl sites for hydroxylation is 1. The minimum Gasteiger partial charge on any atom is -0.388 e. The molecule has 0 bridgehead atoms. The molecule has 1 N–H and O–H groups in total. The van der Waals surface area contributed by atoms with Crippen LogP contribution >= 0.6 is 11.6 Å². The Bertz CT molecular complexity index is 462. The minimum atomic E-state index is -2.96. The highest BCUT2D eigenvalue weighted by Crippen LogP contribution is 2.23. The van der Waals surface area contributed by atoms with Gasteiger partial charge < -0.3 is 5.11 Å². The van der Waals surface area contributed by atoms with Crippen molar-refractivity contribution in [3.63, 3.8) is 0 Å². The van der Waals surface area contributed by atoms with Gasteiger partial charge in [-0.1, -0.05) is 17.7 Å². The number of aliphatic hydroxyl groups is 1. The zero-order valence-electron chi connectivity index (χ0n) is 9.98. The van der Waals surface area contributed by atoms with Crippen LogP contribution in [-0.4, -0.2) is 25.5 Å². The van der Waals surface area contributed by atoms with Gasteiger partial charge in [-0.15, -0.1) is 0 Å². The van der Waals surface area contributed by atoms with Crippen LogP contribution < -0.4 is 0 Å². The Morgan fingerprint density at radius 3 is 2.53 bits per heavy atom. The maximum Gasteiger partial charge on any atom is 0.147 e. The number of hydrogen-bond donors (Lipinski definition) is 1. The highest BCUT2D eigenvalue weighted by atomic mass is 35.5. The van der Waals surface area contributed by atoms with Crippen LogP contribution in [-0.2, 0) is 9.84 Å². The van der Waals surface area contributed by atoms with Gasteiger partial charge in [-0.3, -0.25) is 0 Å². The molecule has 1 unspecified atom stereocenters. The molecule has 0 aromatic heterocycles. The molecule has 0 heterocycles. The molecular weight excluding hydrogens is 260 g/mol. The van der Waals surface area contributed by atoms with E-state index in [4.69, 9.17) is 11.6 Å². The maximum absolute atomic E-state index is 11.0. The predicted octanol–water partition coefficient (Wildman–Crippen LogP) is 2.51. The SMILES string of the molecule is Cc1cc(Cl)cc(C(O)CCCS(C)(=O)=O)c1. The van der Waals surface area contributed by atoms with E-state index in [1.165, 1.54) is 6.26 Å². The molecule has 3 nitrogen and oxygen atoms in total. The molecule has 0 spiro atoms. The summed E-state index contributed by atoms with van der Waals surface area (Å²) in [5, 5.41) is 10.5. The normalized spacial score (nSPS) is 13.6. The van der Waals surface area contributed by atoms with Crippen LogP contribution in [0.15, 0.2) is 18.2 Å². The second-order valence-electron chi connectivity index (χ2n) is 4.35. The number of benzene rings is 1. The van der Waals surface area contributed by atoms with Gasteiger partial charge in [0.1, 0.15) is 9.84 Å². The topological polar surface area (TPSA) is 54.4 Å². The summed E-state index contributed by atoms with van der Waals surface area (Å²) in [6.07, 6.45) is 1.41. The molecule has 96 valence electrons. The first kappa shape index (κ1) is 14.5. The van der Waals surface area contributed by atoms with E-state index in [1.54, 1.807) is 6.07 Å². The second kappa shape index (κ2) is 5.85. The van der Waals surface area contributed by atoms with Crippen LogP contribution in [0.1, 0.15) is 30.1 Å². The van der Waals surface area contributed by atoms with E-state index in [0.717, 1.165) is 11.1 Å². The molecular formula is C12H17ClO3S. The molecule has 0 aliphatic heterocycles. The lowest BCUT2D eigenvalue weighted by Crippen LogP contribution is -2.06. The molecule has 0 saturated heterocycles. The third-order valence-corrected chi connectivity index (χ3v) is 3.69. The molecule has 0 radical (unpaired) electrons. The summed E-state index contributed by atoms with van der Waals surface area (Å²) in [6, 6.07) is 5.38. The standard InChI is InChI=1S/C12H17ClO3S/c1-9-6-10(8-11(13)7-9)12(14)4-3-5-17(2,15)16/h6-8,12,14H,3-5H2,1-2H3. The van der Waals surface area contributed by atoms with Crippen molar-refractivity contribution < 1.29 is 13.5 Å². The summed E-state index contributed by atoms with van der Waals surface area (Å²) in [5.74, 6) is 0.101. The fraction of sp³-hybridized carbons (Fsp3) is 0.500. The van der Waals surface area contributed by atoms with Crippen LogP contribution in [0.2, 0.25) is 5.02 Å². The summed E-state index contributed by atoms with van der Waals surface area (Å²) >= 11 is 5.89. The second-order valence-corrected chi connectivity index (χ2v) is 7.05. The Balaban J connectivity index is 2.61. The summed E-state index contributed by atoms with van der Waals surface area (Å²) < 4.78 is 21.9. The first-order valence-electron chi connectivity index (χ1n) is 5.41. The molecule has 0 aliphatic rings. The van der Waals surface area contributed by atoms with Crippen LogP contribution in [0.3, 0.4) is 0 Å². The van der Waals surface area contributed by atoms with Crippen molar-refractivity contribution in [2.45, 2.75) is 25.9 Å². The molecule has 1 aromatic carbocycles. The van der Waals surface area contributed by atoms with E-state index in [2.05, 4.69) is 0 Å². The summed E-state index contributed by atoms with van der Waals surface area (Å²) in [7, 11) is -2.96. The lowest BCUT2D eigenvalue weighted by Gasteiger charge is -2.11. The third-order valence-electron chi connectivity index (χ3n) is 2.44. The van der Waals surface area contributed by atoms with E-state index >= 15 is 0 Å². The van der Waals surface area contributed by atoms with Crippen LogP contribution in [0.25, 0.3) is 0 Å². The largest absolute Gasteiger partial charge is 0.388 e. The zero-order chi connectivity index (χ0) is 13.1. The lowest BCUT2D eigenvalue weighted by molar-refractivity contribution is 0.166. The Hall–Kier alpha value is -0.580. The van der Waals surface area contributed by atoms with E-state index in [-0.39, 0.29) is 5.75 Å². The quantitative estimate of drug-likeness (QED) is 0.899. The summed E-state index contributed by atoms with van der Waals surface area (Å²) in [5.41, 5.74) is 1.72. The number of rotatable bonds is 5. The number of halogens is 1. The summed E-state index contributed by atoms with van der Waals surface area (Å²) in [4.78, 5) is 0. The van der Waals surface area contributed by atoms with Gasteiger partial charge in [0.25, 0.3) is 0 Å². The molecule has 0 fully saturated rings. The van der Waals surface area contributed by atoms with Crippen LogP contribution in [0.4, 0.5) is 0 Å². The number of sulfone groups is 1. The van der Waals surface area contributed by atoms with E-state index < -0.39 is 15.9 Å². The predicted molar refractivity (Wildman–Crippen MR) is 70.1 cm³/mol. The first-order chi connectivity index (χ1) is 7.78. The Morgan fingerprint density at radius 2 is 2.00 bits per heavy atom. The summed E-state index contributed by atoms with van der Waals surface area (Å²) in [6.45, 7) is 1.90. The molecule has 1 atom stereocenters.